The third-order valence-electron chi connectivity index (χ3n) is 4.62. The molecule has 6 nitrogen and oxygen atoms in total. The van der Waals surface area contributed by atoms with Crippen molar-refractivity contribution in [2.45, 2.75) is 31.3 Å². The zero-order chi connectivity index (χ0) is 13.7. The van der Waals surface area contributed by atoms with Crippen LogP contribution in [0.2, 0.25) is 0 Å². The maximum Gasteiger partial charge on any atom is 0.338 e. The Morgan fingerprint density at radius 1 is 1.25 bits per heavy atom. The van der Waals surface area contributed by atoms with Crippen molar-refractivity contribution in [3.63, 3.8) is 0 Å². The number of carboxylic acids is 1. The van der Waals surface area contributed by atoms with Crippen molar-refractivity contribution < 1.29 is 9.90 Å². The Labute approximate surface area is 116 Å². The van der Waals surface area contributed by atoms with Gasteiger partial charge in [0.25, 0.3) is 0 Å². The minimum Gasteiger partial charge on any atom is -0.478 e. The molecule has 2 atom stereocenters. The maximum atomic E-state index is 11.2. The van der Waals surface area contributed by atoms with Crippen LogP contribution in [0.4, 0.5) is 0 Å². The van der Waals surface area contributed by atoms with E-state index in [0.717, 1.165) is 18.5 Å². The average molecular weight is 272 g/mol. The molecule has 0 saturated carbocycles. The number of rotatable bonds is 2. The molecule has 2 aromatic rings. The van der Waals surface area contributed by atoms with Gasteiger partial charge in [-0.2, -0.15) is 0 Å². The molecule has 0 aliphatic carbocycles. The summed E-state index contributed by atoms with van der Waals surface area (Å²) in [6, 6.07) is 6.13. The van der Waals surface area contributed by atoms with Gasteiger partial charge in [-0.15, -0.1) is 5.10 Å². The van der Waals surface area contributed by atoms with E-state index in [1.54, 1.807) is 12.1 Å². The van der Waals surface area contributed by atoms with Crippen LogP contribution in [0.25, 0.3) is 11.0 Å². The van der Waals surface area contributed by atoms with Crippen LogP contribution in [0.3, 0.4) is 0 Å². The van der Waals surface area contributed by atoms with Crippen LogP contribution in [0.1, 0.15) is 35.7 Å². The van der Waals surface area contributed by atoms with Crippen molar-refractivity contribution in [3.05, 3.63) is 23.8 Å². The molecule has 0 amide bonds. The van der Waals surface area contributed by atoms with E-state index in [1.165, 1.54) is 19.4 Å². The molecule has 0 radical (unpaired) electrons. The van der Waals surface area contributed by atoms with Crippen molar-refractivity contribution in [1.29, 1.82) is 0 Å². The lowest BCUT2D eigenvalue weighted by Crippen LogP contribution is -2.28. The molecule has 104 valence electrons. The Hall–Kier alpha value is -1.95. The summed E-state index contributed by atoms with van der Waals surface area (Å²) in [7, 11) is 0. The molecule has 3 heterocycles. The van der Waals surface area contributed by atoms with Crippen LogP contribution in [-0.2, 0) is 0 Å². The molecular weight excluding hydrogens is 256 g/mol. The van der Waals surface area contributed by atoms with Crippen molar-refractivity contribution >= 4 is 17.0 Å². The first-order valence-electron chi connectivity index (χ1n) is 7.07. The predicted molar refractivity (Wildman–Crippen MR) is 72.7 cm³/mol. The molecular formula is C14H16N4O2. The van der Waals surface area contributed by atoms with Gasteiger partial charge in [0.1, 0.15) is 5.52 Å². The number of nitrogens with zero attached hydrogens (tertiary/aromatic N) is 4. The molecule has 1 aromatic heterocycles. The predicted octanol–water partition coefficient (Wildman–Crippen LogP) is 1.54. The van der Waals surface area contributed by atoms with Crippen LogP contribution < -0.4 is 0 Å². The quantitative estimate of drug-likeness (QED) is 0.898. The molecule has 1 N–H and O–H groups in total. The number of aromatic nitrogens is 3. The molecule has 2 aliphatic heterocycles. The number of hydrogen-bond donors (Lipinski definition) is 1. The summed E-state index contributed by atoms with van der Waals surface area (Å²) in [5, 5.41) is 17.6. The van der Waals surface area contributed by atoms with Crippen LogP contribution in [0.15, 0.2) is 18.2 Å². The number of benzene rings is 1. The summed E-state index contributed by atoms with van der Waals surface area (Å²) in [6.07, 6.45) is 3.51. The van der Waals surface area contributed by atoms with Gasteiger partial charge in [-0.25, -0.2) is 9.48 Å². The van der Waals surface area contributed by atoms with Crippen LogP contribution in [-0.4, -0.2) is 50.1 Å². The van der Waals surface area contributed by atoms with Crippen molar-refractivity contribution in [3.8, 4) is 0 Å². The molecule has 1 aromatic carbocycles. The standard InChI is InChI=1S/C14H16N4O2/c19-14(20)9-3-1-4-12-13(9)15-16-18(12)11-6-8-17-7-2-5-10(11)17/h1,3-4,10-11H,2,5-8H2,(H,19,20). The van der Waals surface area contributed by atoms with E-state index in [9.17, 15) is 9.90 Å². The second-order valence-corrected chi connectivity index (χ2v) is 5.61. The van der Waals surface area contributed by atoms with Gasteiger partial charge in [0.05, 0.1) is 17.1 Å². The van der Waals surface area contributed by atoms with Crippen LogP contribution >= 0.6 is 0 Å². The van der Waals surface area contributed by atoms with Gasteiger partial charge >= 0.3 is 5.97 Å². The van der Waals surface area contributed by atoms with E-state index < -0.39 is 5.97 Å². The minimum absolute atomic E-state index is 0.232. The highest BCUT2D eigenvalue weighted by Gasteiger charge is 2.39. The van der Waals surface area contributed by atoms with Gasteiger partial charge < -0.3 is 5.11 Å². The topological polar surface area (TPSA) is 71.2 Å². The van der Waals surface area contributed by atoms with Gasteiger partial charge in [-0.3, -0.25) is 4.90 Å². The Kier molecular flexibility index (Phi) is 2.53. The Morgan fingerprint density at radius 3 is 3.00 bits per heavy atom. The lowest BCUT2D eigenvalue weighted by Gasteiger charge is -2.20. The monoisotopic (exact) mass is 272 g/mol. The summed E-state index contributed by atoms with van der Waals surface area (Å²) >= 11 is 0. The van der Waals surface area contributed by atoms with Gasteiger partial charge in [0.2, 0.25) is 0 Å². The molecule has 0 bridgehead atoms. The van der Waals surface area contributed by atoms with Crippen molar-refractivity contribution in [2.24, 2.45) is 0 Å². The summed E-state index contributed by atoms with van der Waals surface area (Å²) in [5.41, 5.74) is 1.56. The number of carbonyl (C=O) groups is 1. The smallest absolute Gasteiger partial charge is 0.338 e. The van der Waals surface area contributed by atoms with E-state index in [4.69, 9.17) is 0 Å². The fourth-order valence-electron chi connectivity index (χ4n) is 3.72. The summed E-state index contributed by atoms with van der Waals surface area (Å²) in [5.74, 6) is -0.948. The van der Waals surface area contributed by atoms with Crippen molar-refractivity contribution in [2.75, 3.05) is 13.1 Å². The second kappa shape index (κ2) is 4.28. The largest absolute Gasteiger partial charge is 0.478 e. The summed E-state index contributed by atoms with van der Waals surface area (Å²) in [6.45, 7) is 2.28. The van der Waals surface area contributed by atoms with Gasteiger partial charge in [-0.05, 0) is 37.9 Å². The number of hydrogen-bond acceptors (Lipinski definition) is 4. The maximum absolute atomic E-state index is 11.2. The van der Waals surface area contributed by atoms with E-state index in [1.807, 2.05) is 10.7 Å². The highest BCUT2D eigenvalue weighted by molar-refractivity contribution is 6.00. The SMILES string of the molecule is O=C(O)c1cccc2c1nnn2C1CCN2CCCC12. The molecule has 4 rings (SSSR count). The number of fused-ring (bicyclic) bond motifs is 2. The third kappa shape index (κ3) is 1.57. The highest BCUT2D eigenvalue weighted by Crippen LogP contribution is 2.37. The fraction of sp³-hybridized carbons (Fsp3) is 0.500. The molecule has 0 spiro atoms. The van der Waals surface area contributed by atoms with E-state index in [-0.39, 0.29) is 5.56 Å². The van der Waals surface area contributed by atoms with E-state index >= 15 is 0 Å². The molecule has 2 unspecified atom stereocenters. The average Bonchev–Trinajstić information content (AvgIpc) is 3.11. The first-order valence-corrected chi connectivity index (χ1v) is 7.07. The summed E-state index contributed by atoms with van der Waals surface area (Å²) in [4.78, 5) is 13.8. The zero-order valence-electron chi connectivity index (χ0n) is 11.1. The molecule has 6 heteroatoms. The van der Waals surface area contributed by atoms with Crippen LogP contribution in [0, 0.1) is 0 Å². The number of aromatic carboxylic acids is 1. The Morgan fingerprint density at radius 2 is 2.15 bits per heavy atom. The van der Waals surface area contributed by atoms with E-state index in [0.29, 0.717) is 17.6 Å². The molecule has 2 aliphatic rings. The van der Waals surface area contributed by atoms with Crippen LogP contribution in [0.5, 0.6) is 0 Å². The molecule has 20 heavy (non-hydrogen) atoms. The first-order chi connectivity index (χ1) is 9.75. The normalized spacial score (nSPS) is 26.2. The lowest BCUT2D eigenvalue weighted by molar-refractivity contribution is 0.0699. The van der Waals surface area contributed by atoms with Gasteiger partial charge in [-0.1, -0.05) is 11.3 Å². The summed E-state index contributed by atoms with van der Waals surface area (Å²) < 4.78 is 1.94. The van der Waals surface area contributed by atoms with Gasteiger partial charge in [0.15, 0.2) is 0 Å². The van der Waals surface area contributed by atoms with Gasteiger partial charge in [0, 0.05) is 12.6 Å². The first kappa shape index (κ1) is 11.8. The second-order valence-electron chi connectivity index (χ2n) is 5.61. The Bertz CT molecular complexity index is 681. The fourth-order valence-corrected chi connectivity index (χ4v) is 3.72. The minimum atomic E-state index is -0.948. The third-order valence-corrected chi connectivity index (χ3v) is 4.62. The van der Waals surface area contributed by atoms with Crippen molar-refractivity contribution in [1.82, 2.24) is 19.9 Å². The highest BCUT2D eigenvalue weighted by atomic mass is 16.4. The zero-order valence-corrected chi connectivity index (χ0v) is 11.1. The lowest BCUT2D eigenvalue weighted by atomic mass is 10.1. The molecule has 2 saturated heterocycles. The Balaban J connectivity index is 1.81. The molecule has 2 fully saturated rings. The number of carboxylic acid groups (broad SMARTS) is 1. The van der Waals surface area contributed by atoms with E-state index in [2.05, 4.69) is 15.2 Å².